The molecule has 1 aliphatic rings. The van der Waals surface area contributed by atoms with Crippen molar-refractivity contribution in [1.29, 1.82) is 0 Å². The molecule has 0 spiro atoms. The Bertz CT molecular complexity index is 436. The van der Waals surface area contributed by atoms with Crippen molar-refractivity contribution in [3.63, 3.8) is 0 Å². The predicted molar refractivity (Wildman–Crippen MR) is 55.0 cm³/mol. The fourth-order valence-corrected chi connectivity index (χ4v) is 2.13. The van der Waals surface area contributed by atoms with E-state index >= 15 is 0 Å². The van der Waals surface area contributed by atoms with Gasteiger partial charge in [0.05, 0.1) is 0 Å². The zero-order valence-corrected chi connectivity index (χ0v) is 9.83. The zero-order chi connectivity index (χ0) is 13.3. The van der Waals surface area contributed by atoms with Gasteiger partial charge in [-0.1, -0.05) is 18.0 Å². The van der Waals surface area contributed by atoms with E-state index in [9.17, 15) is 18.0 Å². The Balaban J connectivity index is 2.12. The van der Waals surface area contributed by atoms with Crippen molar-refractivity contribution in [3.8, 4) is 0 Å². The number of carbonyl (C=O) groups excluding carboxylic acids is 1. The minimum atomic E-state index is -4.87. The quantitative estimate of drug-likeness (QED) is 0.840. The van der Waals surface area contributed by atoms with E-state index in [4.69, 9.17) is 4.52 Å². The second-order valence-corrected chi connectivity index (χ2v) is 4.56. The summed E-state index contributed by atoms with van der Waals surface area (Å²) in [5.74, 6) is -2.98. The number of hydrogen-bond acceptors (Lipinski definition) is 4. The first kappa shape index (κ1) is 13.0. The molecular formula is C11H13F3N2O2. The van der Waals surface area contributed by atoms with Crippen LogP contribution in [0.5, 0.6) is 0 Å². The maximum absolute atomic E-state index is 12.3. The van der Waals surface area contributed by atoms with Crippen LogP contribution < -0.4 is 0 Å². The van der Waals surface area contributed by atoms with Gasteiger partial charge in [0.25, 0.3) is 0 Å². The van der Waals surface area contributed by atoms with E-state index in [1.165, 1.54) is 0 Å². The highest BCUT2D eigenvalue weighted by molar-refractivity contribution is 5.89. The van der Waals surface area contributed by atoms with Crippen LogP contribution in [0.4, 0.5) is 13.2 Å². The van der Waals surface area contributed by atoms with Gasteiger partial charge in [-0.15, -0.1) is 0 Å². The van der Waals surface area contributed by atoms with Gasteiger partial charge in [0.1, 0.15) is 5.92 Å². The molecule has 1 aromatic rings. The standard InChI is InChI=1S/C11H13F3N2O2/c1-6(8(17)11(12,13)14)10-15-9(16-18-10)7-4-2-3-5-7/h6-7H,2-5H2,1H3. The van der Waals surface area contributed by atoms with Crippen LogP contribution in [0.2, 0.25) is 0 Å². The van der Waals surface area contributed by atoms with Crippen molar-refractivity contribution in [2.75, 3.05) is 0 Å². The lowest BCUT2D eigenvalue weighted by Gasteiger charge is -2.08. The minimum absolute atomic E-state index is 0.149. The minimum Gasteiger partial charge on any atom is -0.339 e. The van der Waals surface area contributed by atoms with E-state index in [2.05, 4.69) is 10.1 Å². The van der Waals surface area contributed by atoms with Gasteiger partial charge in [-0.2, -0.15) is 18.2 Å². The number of nitrogens with zero attached hydrogens (tertiary/aromatic N) is 2. The Hall–Kier alpha value is -1.40. The molecule has 1 saturated carbocycles. The van der Waals surface area contributed by atoms with Crippen molar-refractivity contribution in [2.45, 2.75) is 50.6 Å². The van der Waals surface area contributed by atoms with Gasteiger partial charge >= 0.3 is 6.18 Å². The van der Waals surface area contributed by atoms with Gasteiger partial charge in [-0.25, -0.2) is 0 Å². The van der Waals surface area contributed by atoms with Gasteiger partial charge in [-0.05, 0) is 19.8 Å². The smallest absolute Gasteiger partial charge is 0.339 e. The Morgan fingerprint density at radius 1 is 1.39 bits per heavy atom. The summed E-state index contributed by atoms with van der Waals surface area (Å²) in [6.07, 6.45) is -0.917. The maximum atomic E-state index is 12.3. The van der Waals surface area contributed by atoms with Gasteiger partial charge in [0.2, 0.25) is 11.7 Å². The number of ketones is 1. The highest BCUT2D eigenvalue weighted by Gasteiger charge is 2.44. The average Bonchev–Trinajstić information content (AvgIpc) is 2.95. The third-order valence-corrected chi connectivity index (χ3v) is 3.22. The van der Waals surface area contributed by atoms with Crippen molar-refractivity contribution < 1.29 is 22.5 Å². The first-order valence-electron chi connectivity index (χ1n) is 5.84. The molecule has 7 heteroatoms. The second-order valence-electron chi connectivity index (χ2n) is 4.56. The molecule has 0 aliphatic heterocycles. The lowest BCUT2D eigenvalue weighted by molar-refractivity contribution is -0.172. The van der Waals surface area contributed by atoms with Crippen LogP contribution >= 0.6 is 0 Å². The van der Waals surface area contributed by atoms with Gasteiger partial charge in [-0.3, -0.25) is 4.79 Å². The fraction of sp³-hybridized carbons (Fsp3) is 0.727. The van der Waals surface area contributed by atoms with Crippen molar-refractivity contribution in [3.05, 3.63) is 11.7 Å². The summed E-state index contributed by atoms with van der Waals surface area (Å²) in [6.45, 7) is 1.13. The highest BCUT2D eigenvalue weighted by atomic mass is 19.4. The molecule has 0 saturated heterocycles. The third-order valence-electron chi connectivity index (χ3n) is 3.22. The molecule has 18 heavy (non-hydrogen) atoms. The lowest BCUT2D eigenvalue weighted by Crippen LogP contribution is -2.27. The normalized spacial score (nSPS) is 19.1. The Morgan fingerprint density at radius 3 is 2.56 bits per heavy atom. The van der Waals surface area contributed by atoms with Crippen molar-refractivity contribution >= 4 is 5.78 Å². The number of carbonyl (C=O) groups is 1. The van der Waals surface area contributed by atoms with Gasteiger partial charge < -0.3 is 4.52 Å². The molecule has 1 unspecified atom stereocenters. The van der Waals surface area contributed by atoms with Gasteiger partial charge in [0, 0.05) is 5.92 Å². The number of aromatic nitrogens is 2. The topological polar surface area (TPSA) is 56.0 Å². The lowest BCUT2D eigenvalue weighted by atomic mass is 10.1. The van der Waals surface area contributed by atoms with Gasteiger partial charge in [0.15, 0.2) is 5.82 Å². The van der Waals surface area contributed by atoms with Crippen LogP contribution in [-0.4, -0.2) is 22.1 Å². The van der Waals surface area contributed by atoms with Crippen LogP contribution in [0.1, 0.15) is 56.2 Å². The van der Waals surface area contributed by atoms with E-state index in [1.54, 1.807) is 0 Å². The molecule has 0 N–H and O–H groups in total. The summed E-state index contributed by atoms with van der Waals surface area (Å²) in [5.41, 5.74) is 0. The largest absolute Gasteiger partial charge is 0.450 e. The highest BCUT2D eigenvalue weighted by Crippen LogP contribution is 2.33. The summed E-state index contributed by atoms with van der Waals surface area (Å²) in [7, 11) is 0. The van der Waals surface area contributed by atoms with Crippen LogP contribution in [0.3, 0.4) is 0 Å². The molecule has 1 heterocycles. The van der Waals surface area contributed by atoms with E-state index in [0.717, 1.165) is 32.6 Å². The first-order valence-corrected chi connectivity index (χ1v) is 5.84. The maximum Gasteiger partial charge on any atom is 0.450 e. The second kappa shape index (κ2) is 4.70. The van der Waals surface area contributed by atoms with Crippen molar-refractivity contribution in [1.82, 2.24) is 10.1 Å². The molecule has 2 rings (SSSR count). The third kappa shape index (κ3) is 2.54. The summed E-state index contributed by atoms with van der Waals surface area (Å²) >= 11 is 0. The number of halogens is 3. The molecule has 0 aromatic carbocycles. The Labute approximate surface area is 102 Å². The monoisotopic (exact) mass is 262 g/mol. The number of alkyl halides is 3. The number of Topliss-reactive ketones (excluding diaryl/α,β-unsaturated/α-hetero) is 1. The molecule has 1 fully saturated rings. The molecule has 4 nitrogen and oxygen atoms in total. The number of hydrogen-bond donors (Lipinski definition) is 0. The summed E-state index contributed by atoms with van der Waals surface area (Å²) in [5, 5.41) is 3.68. The van der Waals surface area contributed by atoms with Crippen molar-refractivity contribution in [2.24, 2.45) is 0 Å². The summed E-state index contributed by atoms with van der Waals surface area (Å²) in [4.78, 5) is 15.0. The molecular weight excluding hydrogens is 249 g/mol. The van der Waals surface area contributed by atoms with Crippen LogP contribution in [0, 0.1) is 0 Å². The molecule has 1 atom stereocenters. The van der Waals surface area contributed by atoms with Crippen LogP contribution in [0.15, 0.2) is 4.52 Å². The van der Waals surface area contributed by atoms with E-state index in [1.807, 2.05) is 0 Å². The average molecular weight is 262 g/mol. The fourth-order valence-electron chi connectivity index (χ4n) is 2.13. The van der Waals surface area contributed by atoms with Crippen LogP contribution in [-0.2, 0) is 4.79 Å². The molecule has 1 aromatic heterocycles. The molecule has 100 valence electrons. The molecule has 0 bridgehead atoms. The van der Waals surface area contributed by atoms with Crippen LogP contribution in [0.25, 0.3) is 0 Å². The van der Waals surface area contributed by atoms with E-state index in [-0.39, 0.29) is 11.8 Å². The first-order chi connectivity index (χ1) is 8.39. The Morgan fingerprint density at radius 2 is 2.00 bits per heavy atom. The van der Waals surface area contributed by atoms with E-state index < -0.39 is 17.9 Å². The number of rotatable bonds is 3. The molecule has 1 aliphatic carbocycles. The Kier molecular flexibility index (Phi) is 3.41. The zero-order valence-electron chi connectivity index (χ0n) is 9.83. The summed E-state index contributed by atoms with van der Waals surface area (Å²) in [6, 6.07) is 0. The van der Waals surface area contributed by atoms with E-state index in [0.29, 0.717) is 5.82 Å². The molecule has 0 radical (unpaired) electrons. The predicted octanol–water partition coefficient (Wildman–Crippen LogP) is 2.96. The SMILES string of the molecule is CC(C(=O)C(F)(F)F)c1nc(C2CCCC2)no1. The molecule has 0 amide bonds. The summed E-state index contributed by atoms with van der Waals surface area (Å²) < 4.78 is 41.5.